The Kier molecular flexibility index (Phi) is 6.50. The van der Waals surface area contributed by atoms with Crippen LogP contribution in [0.2, 0.25) is 0 Å². The van der Waals surface area contributed by atoms with E-state index in [9.17, 15) is 19.5 Å². The van der Waals surface area contributed by atoms with Crippen LogP contribution in [0.1, 0.15) is 18.4 Å². The molecular formula is C24H27N5O4. The lowest BCUT2D eigenvalue weighted by molar-refractivity contribution is -0.153. The Morgan fingerprint density at radius 1 is 1.15 bits per heavy atom. The minimum atomic E-state index is -1.27. The molecule has 1 atom stereocenters. The second-order valence-electron chi connectivity index (χ2n) is 8.48. The highest BCUT2D eigenvalue weighted by molar-refractivity contribution is 5.83. The maximum atomic E-state index is 12.8. The molecule has 0 radical (unpaired) electrons. The van der Waals surface area contributed by atoms with Crippen molar-refractivity contribution < 1.29 is 19.5 Å². The van der Waals surface area contributed by atoms with Crippen LogP contribution >= 0.6 is 0 Å². The molecule has 9 nitrogen and oxygen atoms in total. The highest BCUT2D eigenvalue weighted by Crippen LogP contribution is 2.28. The summed E-state index contributed by atoms with van der Waals surface area (Å²) in [5.41, 5.74) is 1.99. The Morgan fingerprint density at radius 3 is 2.45 bits per heavy atom. The number of nitrogens with zero attached hydrogens (tertiary/aromatic N) is 5. The second-order valence-corrected chi connectivity index (χ2v) is 8.48. The number of amides is 2. The number of rotatable bonds is 7. The maximum Gasteiger partial charge on any atom is 0.331 e. The molecule has 4 rings (SSSR count). The first kappa shape index (κ1) is 22.6. The molecule has 2 aliphatic rings. The van der Waals surface area contributed by atoms with E-state index in [4.69, 9.17) is 0 Å². The fourth-order valence-corrected chi connectivity index (χ4v) is 4.45. The summed E-state index contributed by atoms with van der Waals surface area (Å²) in [6.45, 7) is 1.89. The monoisotopic (exact) mass is 449 g/mol. The number of carbonyl (C=O) groups is 3. The van der Waals surface area contributed by atoms with Crippen molar-refractivity contribution in [2.45, 2.75) is 18.4 Å². The number of carboxylic acid groups (broad SMARTS) is 1. The summed E-state index contributed by atoms with van der Waals surface area (Å²) in [6.07, 6.45) is 7.10. The van der Waals surface area contributed by atoms with Crippen molar-refractivity contribution in [1.82, 2.24) is 24.7 Å². The molecule has 1 aromatic carbocycles. The van der Waals surface area contributed by atoms with Crippen LogP contribution in [0.4, 0.5) is 0 Å². The lowest BCUT2D eigenvalue weighted by Gasteiger charge is -2.32. The highest BCUT2D eigenvalue weighted by atomic mass is 16.4. The van der Waals surface area contributed by atoms with Gasteiger partial charge in [0.2, 0.25) is 12.3 Å². The van der Waals surface area contributed by atoms with Crippen LogP contribution in [0, 0.1) is 0 Å². The van der Waals surface area contributed by atoms with E-state index in [0.717, 1.165) is 17.5 Å². The van der Waals surface area contributed by atoms with Gasteiger partial charge in [-0.1, -0.05) is 30.3 Å². The molecule has 2 aromatic rings. The van der Waals surface area contributed by atoms with Gasteiger partial charge >= 0.3 is 5.97 Å². The van der Waals surface area contributed by atoms with Crippen LogP contribution in [0.5, 0.6) is 0 Å². The van der Waals surface area contributed by atoms with Gasteiger partial charge in [-0.05, 0) is 30.0 Å². The summed E-state index contributed by atoms with van der Waals surface area (Å²) >= 11 is 0. The quantitative estimate of drug-likeness (QED) is 0.637. The zero-order valence-electron chi connectivity index (χ0n) is 18.6. The average Bonchev–Trinajstić information content (AvgIpc) is 3.29. The number of likely N-dealkylation sites (N-methyl/N-ethyl adjacent to an activating group) is 1. The van der Waals surface area contributed by atoms with Gasteiger partial charge in [0.05, 0.1) is 6.54 Å². The predicted molar refractivity (Wildman–Crippen MR) is 122 cm³/mol. The number of carbonyl (C=O) groups excluding carboxylic acids is 2. The normalized spacial score (nSPS) is 20.9. The SMILES string of the molecule is CN(C=O)C1(C(=O)O)CCN(CC(=O)N2CC=C(c3ccc(-c4ncccn4)cc3)CC2)C1. The summed E-state index contributed by atoms with van der Waals surface area (Å²) in [7, 11) is 1.48. The van der Waals surface area contributed by atoms with Crippen LogP contribution < -0.4 is 0 Å². The topological polar surface area (TPSA) is 107 Å². The molecule has 0 bridgehead atoms. The molecule has 2 aliphatic heterocycles. The summed E-state index contributed by atoms with van der Waals surface area (Å²) < 4.78 is 0. The Labute approximate surface area is 192 Å². The van der Waals surface area contributed by atoms with Crippen LogP contribution in [-0.2, 0) is 14.4 Å². The number of hydrogen-bond acceptors (Lipinski definition) is 6. The van der Waals surface area contributed by atoms with Gasteiger partial charge in [0.15, 0.2) is 11.4 Å². The minimum absolute atomic E-state index is 0.0307. The van der Waals surface area contributed by atoms with Gasteiger partial charge in [-0.2, -0.15) is 0 Å². The van der Waals surface area contributed by atoms with Gasteiger partial charge in [-0.3, -0.25) is 14.5 Å². The van der Waals surface area contributed by atoms with Crippen molar-refractivity contribution in [2.24, 2.45) is 0 Å². The summed E-state index contributed by atoms with van der Waals surface area (Å²) in [4.78, 5) is 49.1. The molecule has 1 unspecified atom stereocenters. The molecule has 1 aromatic heterocycles. The zero-order chi connectivity index (χ0) is 23.4. The third-order valence-corrected chi connectivity index (χ3v) is 6.56. The van der Waals surface area contributed by atoms with Gasteiger partial charge in [0.25, 0.3) is 0 Å². The highest BCUT2D eigenvalue weighted by Gasteiger charge is 2.48. The van der Waals surface area contributed by atoms with Gasteiger partial charge in [-0.25, -0.2) is 14.8 Å². The molecular weight excluding hydrogens is 422 g/mol. The first-order valence-corrected chi connectivity index (χ1v) is 10.9. The Bertz CT molecular complexity index is 1060. The lowest BCUT2D eigenvalue weighted by Crippen LogP contribution is -2.54. The molecule has 0 spiro atoms. The maximum absolute atomic E-state index is 12.8. The summed E-state index contributed by atoms with van der Waals surface area (Å²) in [6, 6.07) is 9.89. The molecule has 1 N–H and O–H groups in total. The second kappa shape index (κ2) is 9.50. The number of hydrogen-bond donors (Lipinski definition) is 1. The van der Waals surface area contributed by atoms with Crippen LogP contribution in [0.3, 0.4) is 0 Å². The van der Waals surface area contributed by atoms with E-state index in [1.807, 2.05) is 29.2 Å². The van der Waals surface area contributed by atoms with Gasteiger partial charge < -0.3 is 14.9 Å². The molecule has 1 fully saturated rings. The average molecular weight is 450 g/mol. The van der Waals surface area contributed by atoms with Crippen LogP contribution in [-0.4, -0.2) is 93.4 Å². The predicted octanol–water partition coefficient (Wildman–Crippen LogP) is 1.38. The fraction of sp³-hybridized carbons (Fsp3) is 0.375. The lowest BCUT2D eigenvalue weighted by atomic mass is 9.97. The summed E-state index contributed by atoms with van der Waals surface area (Å²) in [5.74, 6) is -0.383. The molecule has 0 aliphatic carbocycles. The smallest absolute Gasteiger partial charge is 0.331 e. The van der Waals surface area contributed by atoms with Crippen molar-refractivity contribution in [1.29, 1.82) is 0 Å². The standard InChI is InChI=1S/C24H27N5O4/c1-27(17-30)24(23(32)33)9-14-28(16-24)15-21(31)29-12-7-19(8-13-29)18-3-5-20(6-4-18)22-25-10-2-11-26-22/h2-7,10-11,17H,8-9,12-16H2,1H3,(H,32,33). The Balaban J connectivity index is 1.35. The van der Waals surface area contributed by atoms with Crippen LogP contribution in [0.15, 0.2) is 48.8 Å². The molecule has 0 saturated carbocycles. The van der Waals surface area contributed by atoms with Crippen LogP contribution in [0.25, 0.3) is 17.0 Å². The largest absolute Gasteiger partial charge is 0.479 e. The van der Waals surface area contributed by atoms with Gasteiger partial charge in [-0.15, -0.1) is 0 Å². The van der Waals surface area contributed by atoms with Crippen molar-refractivity contribution in [3.63, 3.8) is 0 Å². The van der Waals surface area contributed by atoms with Crippen molar-refractivity contribution >= 4 is 23.9 Å². The van der Waals surface area contributed by atoms with E-state index >= 15 is 0 Å². The molecule has 1 saturated heterocycles. The van der Waals surface area contributed by atoms with E-state index in [0.29, 0.717) is 38.3 Å². The number of aliphatic carboxylic acids is 1. The summed E-state index contributed by atoms with van der Waals surface area (Å²) in [5, 5.41) is 9.65. The van der Waals surface area contributed by atoms with E-state index in [2.05, 4.69) is 16.0 Å². The number of benzene rings is 1. The van der Waals surface area contributed by atoms with E-state index < -0.39 is 11.5 Å². The third kappa shape index (κ3) is 4.63. The molecule has 9 heteroatoms. The third-order valence-electron chi connectivity index (χ3n) is 6.56. The van der Waals surface area contributed by atoms with E-state index in [1.54, 1.807) is 23.4 Å². The van der Waals surface area contributed by atoms with Crippen molar-refractivity contribution in [3.8, 4) is 11.4 Å². The zero-order valence-corrected chi connectivity index (χ0v) is 18.6. The van der Waals surface area contributed by atoms with E-state index in [-0.39, 0.29) is 19.0 Å². The first-order chi connectivity index (χ1) is 15.9. The Morgan fingerprint density at radius 2 is 1.85 bits per heavy atom. The Hall–Kier alpha value is -3.59. The number of carboxylic acids is 1. The molecule has 2 amide bonds. The van der Waals surface area contributed by atoms with Crippen molar-refractivity contribution in [3.05, 3.63) is 54.4 Å². The first-order valence-electron chi connectivity index (χ1n) is 10.9. The molecule has 3 heterocycles. The molecule has 172 valence electrons. The van der Waals surface area contributed by atoms with Crippen molar-refractivity contribution in [2.75, 3.05) is 39.8 Å². The van der Waals surface area contributed by atoms with E-state index in [1.165, 1.54) is 17.5 Å². The minimum Gasteiger partial charge on any atom is -0.479 e. The fourth-order valence-electron chi connectivity index (χ4n) is 4.45. The molecule has 33 heavy (non-hydrogen) atoms. The van der Waals surface area contributed by atoms with Gasteiger partial charge in [0, 0.05) is 51.2 Å². The number of likely N-dealkylation sites (tertiary alicyclic amines) is 1. The number of aromatic nitrogens is 2. The van der Waals surface area contributed by atoms with Gasteiger partial charge in [0.1, 0.15) is 0 Å².